The summed E-state index contributed by atoms with van der Waals surface area (Å²) >= 11 is 0. The zero-order chi connectivity index (χ0) is 10.8. The number of benzene rings is 1. The van der Waals surface area contributed by atoms with E-state index in [9.17, 15) is 13.2 Å². The first kappa shape index (κ1) is 10.4. The van der Waals surface area contributed by atoms with Crippen LogP contribution in [0.3, 0.4) is 0 Å². The quantitative estimate of drug-likeness (QED) is 0.692. The molecule has 1 atom stereocenters. The van der Waals surface area contributed by atoms with E-state index in [2.05, 4.69) is 10.6 Å². The zero-order valence-electron chi connectivity index (χ0n) is 7.99. The van der Waals surface area contributed by atoms with Gasteiger partial charge in [0.1, 0.15) is 0 Å². The highest BCUT2D eigenvalue weighted by Crippen LogP contribution is 2.19. The van der Waals surface area contributed by atoms with Crippen LogP contribution in [-0.4, -0.2) is 19.6 Å². The topological polar surface area (TPSA) is 24.1 Å². The van der Waals surface area contributed by atoms with Crippen molar-refractivity contribution in [2.24, 2.45) is 0 Å². The van der Waals surface area contributed by atoms with Crippen LogP contribution < -0.4 is 10.6 Å². The van der Waals surface area contributed by atoms with Gasteiger partial charge in [0, 0.05) is 25.7 Å². The number of hydrogen-bond acceptors (Lipinski definition) is 2. The maximum absolute atomic E-state index is 12.9. The molecule has 1 aliphatic rings. The van der Waals surface area contributed by atoms with Gasteiger partial charge in [-0.25, -0.2) is 13.2 Å². The third kappa shape index (κ3) is 2.13. The molecule has 5 heteroatoms. The molecule has 0 aliphatic carbocycles. The van der Waals surface area contributed by atoms with Crippen LogP contribution in [0, 0.1) is 17.5 Å². The molecule has 82 valence electrons. The molecule has 1 fully saturated rings. The van der Waals surface area contributed by atoms with Gasteiger partial charge in [0.2, 0.25) is 0 Å². The van der Waals surface area contributed by atoms with E-state index in [-0.39, 0.29) is 6.04 Å². The zero-order valence-corrected chi connectivity index (χ0v) is 7.99. The molecular weight excluding hydrogens is 205 g/mol. The Morgan fingerprint density at radius 3 is 2.27 bits per heavy atom. The summed E-state index contributed by atoms with van der Waals surface area (Å²) in [7, 11) is 0. The third-order valence-corrected chi connectivity index (χ3v) is 2.45. The predicted molar refractivity (Wildman–Crippen MR) is 49.9 cm³/mol. The van der Waals surface area contributed by atoms with Crippen molar-refractivity contribution in [1.82, 2.24) is 10.6 Å². The second kappa shape index (κ2) is 4.20. The van der Waals surface area contributed by atoms with Crippen LogP contribution in [0.5, 0.6) is 0 Å². The number of halogens is 3. The molecule has 2 nitrogen and oxygen atoms in total. The fourth-order valence-corrected chi connectivity index (χ4v) is 1.67. The van der Waals surface area contributed by atoms with Gasteiger partial charge in [-0.2, -0.15) is 0 Å². The minimum absolute atomic E-state index is 0.164. The van der Waals surface area contributed by atoms with Gasteiger partial charge in [-0.15, -0.1) is 0 Å². The Hall–Kier alpha value is -1.07. The molecule has 0 saturated carbocycles. The second-order valence-corrected chi connectivity index (χ2v) is 3.51. The van der Waals surface area contributed by atoms with E-state index in [0.29, 0.717) is 12.1 Å². The summed E-state index contributed by atoms with van der Waals surface area (Å²) in [6, 6.07) is 1.90. The number of hydrogen-bond donors (Lipinski definition) is 2. The maximum atomic E-state index is 12.9. The van der Waals surface area contributed by atoms with Crippen LogP contribution in [0.15, 0.2) is 12.1 Å². The minimum atomic E-state index is -1.41. The van der Waals surface area contributed by atoms with Crippen molar-refractivity contribution < 1.29 is 13.2 Å². The van der Waals surface area contributed by atoms with E-state index in [1.807, 2.05) is 0 Å². The molecule has 2 rings (SSSR count). The summed E-state index contributed by atoms with van der Waals surface area (Å²) in [5.74, 6) is -3.70. The van der Waals surface area contributed by atoms with Crippen LogP contribution >= 0.6 is 0 Å². The Balaban J connectivity index is 2.27. The monoisotopic (exact) mass is 216 g/mol. The van der Waals surface area contributed by atoms with E-state index < -0.39 is 17.5 Å². The molecule has 2 N–H and O–H groups in total. The normalized spacial score (nSPS) is 21.7. The van der Waals surface area contributed by atoms with E-state index in [1.165, 1.54) is 0 Å². The average Bonchev–Trinajstić information content (AvgIpc) is 2.26. The highest BCUT2D eigenvalue weighted by Gasteiger charge is 2.18. The summed E-state index contributed by atoms with van der Waals surface area (Å²) in [4.78, 5) is 0. The van der Waals surface area contributed by atoms with Gasteiger partial charge in [0.15, 0.2) is 17.5 Å². The summed E-state index contributed by atoms with van der Waals surface area (Å²) in [5, 5.41) is 6.18. The van der Waals surface area contributed by atoms with E-state index in [4.69, 9.17) is 0 Å². The highest BCUT2D eigenvalue weighted by atomic mass is 19.2. The lowest BCUT2D eigenvalue weighted by molar-refractivity contribution is 0.413. The number of rotatable bonds is 1. The fraction of sp³-hybridized carbons (Fsp3) is 0.400. The van der Waals surface area contributed by atoms with Crippen molar-refractivity contribution in [2.75, 3.05) is 19.6 Å². The van der Waals surface area contributed by atoms with Gasteiger partial charge in [0.25, 0.3) is 0 Å². The van der Waals surface area contributed by atoms with Crippen LogP contribution in [0.25, 0.3) is 0 Å². The number of nitrogens with one attached hydrogen (secondary N) is 2. The molecule has 1 saturated heterocycles. The van der Waals surface area contributed by atoms with Crippen molar-refractivity contribution in [3.63, 3.8) is 0 Å². The fourth-order valence-electron chi connectivity index (χ4n) is 1.67. The SMILES string of the molecule is Fc1cc([C@@H]2CNCCN2)cc(F)c1F. The molecule has 0 bridgehead atoms. The maximum Gasteiger partial charge on any atom is 0.194 e. The van der Waals surface area contributed by atoms with Gasteiger partial charge in [-0.1, -0.05) is 0 Å². The molecule has 0 aromatic heterocycles. The molecule has 1 aliphatic heterocycles. The van der Waals surface area contributed by atoms with Gasteiger partial charge in [-0.3, -0.25) is 0 Å². The molecule has 1 aromatic carbocycles. The molecule has 1 heterocycles. The Bertz CT molecular complexity index is 339. The van der Waals surface area contributed by atoms with Gasteiger partial charge in [-0.05, 0) is 17.7 Å². The smallest absolute Gasteiger partial charge is 0.194 e. The Kier molecular flexibility index (Phi) is 2.93. The first-order valence-electron chi connectivity index (χ1n) is 4.77. The molecule has 15 heavy (non-hydrogen) atoms. The summed E-state index contributed by atoms with van der Waals surface area (Å²) in [5.41, 5.74) is 0.429. The lowest BCUT2D eigenvalue weighted by atomic mass is 10.0. The first-order chi connectivity index (χ1) is 7.18. The second-order valence-electron chi connectivity index (χ2n) is 3.51. The van der Waals surface area contributed by atoms with Crippen molar-refractivity contribution in [2.45, 2.75) is 6.04 Å². The Morgan fingerprint density at radius 2 is 1.73 bits per heavy atom. The minimum Gasteiger partial charge on any atom is -0.314 e. The van der Waals surface area contributed by atoms with Gasteiger partial charge < -0.3 is 10.6 Å². The van der Waals surface area contributed by atoms with Crippen molar-refractivity contribution in [1.29, 1.82) is 0 Å². The van der Waals surface area contributed by atoms with Crippen molar-refractivity contribution in [3.05, 3.63) is 35.1 Å². The summed E-state index contributed by atoms with van der Waals surface area (Å²) in [6.45, 7) is 2.14. The predicted octanol–water partition coefficient (Wildman–Crippen LogP) is 1.34. The lowest BCUT2D eigenvalue weighted by Gasteiger charge is -2.24. The van der Waals surface area contributed by atoms with E-state index in [0.717, 1.165) is 25.2 Å². The molecule has 1 aromatic rings. The van der Waals surface area contributed by atoms with Gasteiger partial charge >= 0.3 is 0 Å². The summed E-state index contributed by atoms with van der Waals surface area (Å²) < 4.78 is 38.6. The first-order valence-corrected chi connectivity index (χ1v) is 4.77. The largest absolute Gasteiger partial charge is 0.314 e. The Labute approximate surface area is 85.5 Å². The van der Waals surface area contributed by atoms with E-state index >= 15 is 0 Å². The van der Waals surface area contributed by atoms with E-state index in [1.54, 1.807) is 0 Å². The lowest BCUT2D eigenvalue weighted by Crippen LogP contribution is -2.42. The van der Waals surface area contributed by atoms with Crippen LogP contribution in [0.1, 0.15) is 11.6 Å². The third-order valence-electron chi connectivity index (χ3n) is 2.45. The van der Waals surface area contributed by atoms with Gasteiger partial charge in [0.05, 0.1) is 0 Å². The molecule has 0 spiro atoms. The summed E-state index contributed by atoms with van der Waals surface area (Å²) in [6.07, 6.45) is 0. The van der Waals surface area contributed by atoms with Crippen LogP contribution in [0.4, 0.5) is 13.2 Å². The Morgan fingerprint density at radius 1 is 1.07 bits per heavy atom. The van der Waals surface area contributed by atoms with Crippen molar-refractivity contribution >= 4 is 0 Å². The molecule has 0 unspecified atom stereocenters. The average molecular weight is 216 g/mol. The molecule has 0 amide bonds. The molecule has 0 radical (unpaired) electrons. The highest BCUT2D eigenvalue weighted by molar-refractivity contribution is 5.23. The van der Waals surface area contributed by atoms with Crippen molar-refractivity contribution in [3.8, 4) is 0 Å². The number of piperazine rings is 1. The molecular formula is C10H11F3N2. The standard InChI is InChI=1S/C10H11F3N2/c11-7-3-6(4-8(12)10(7)13)9-5-14-1-2-15-9/h3-4,9,14-15H,1-2,5H2/t9-/m0/s1. The van der Waals surface area contributed by atoms with Crippen LogP contribution in [-0.2, 0) is 0 Å². The van der Waals surface area contributed by atoms with Crippen LogP contribution in [0.2, 0.25) is 0 Å².